The molecule has 2 fully saturated rings. The number of hydrogen-bond acceptors (Lipinski definition) is 4. The molecule has 2 heterocycles. The second kappa shape index (κ2) is 13.6. The first-order valence-electron chi connectivity index (χ1n) is 9.52. The summed E-state index contributed by atoms with van der Waals surface area (Å²) < 4.78 is 19.8. The van der Waals surface area contributed by atoms with Gasteiger partial charge in [0.25, 0.3) is 0 Å². The molecule has 4 nitrogen and oxygen atoms in total. The number of rotatable bonds is 6. The molecule has 1 amide bonds. The quantitative estimate of drug-likeness (QED) is 0.289. The number of nitrogens with zero attached hydrogens (tertiary/aromatic N) is 2. The fourth-order valence-electron chi connectivity index (χ4n) is 2.88. The molecule has 0 aromatic carbocycles. The highest BCUT2D eigenvalue weighted by molar-refractivity contribution is 8.00. The zero-order valence-corrected chi connectivity index (χ0v) is 19.4. The highest BCUT2D eigenvalue weighted by Crippen LogP contribution is 2.31. The molecule has 1 atom stereocenters. The van der Waals surface area contributed by atoms with Gasteiger partial charge in [0, 0.05) is 29.6 Å². The van der Waals surface area contributed by atoms with Crippen LogP contribution in [0.2, 0.25) is 0 Å². The van der Waals surface area contributed by atoms with Gasteiger partial charge in [-0.3, -0.25) is 4.90 Å². The van der Waals surface area contributed by atoms with Crippen LogP contribution < -0.4 is 0 Å². The molecule has 7 heteroatoms. The van der Waals surface area contributed by atoms with Crippen LogP contribution in [0.15, 0.2) is 71.6 Å². The Bertz CT molecular complexity index is 691. The van der Waals surface area contributed by atoms with Gasteiger partial charge in [0.15, 0.2) is 0 Å². The monoisotopic (exact) mass is 438 g/mol. The molecular formula is C22H32FN2O2PS. The largest absolute Gasteiger partial charge is 0.444 e. The van der Waals surface area contributed by atoms with Gasteiger partial charge >= 0.3 is 6.09 Å². The molecule has 0 aliphatic carbocycles. The van der Waals surface area contributed by atoms with Crippen LogP contribution >= 0.6 is 21.2 Å². The Morgan fingerprint density at radius 2 is 2.07 bits per heavy atom. The van der Waals surface area contributed by atoms with Gasteiger partial charge in [-0.05, 0) is 44.7 Å². The Labute approximate surface area is 181 Å². The number of piperidine rings is 1. The molecule has 1 unspecified atom stereocenters. The van der Waals surface area contributed by atoms with E-state index in [1.54, 1.807) is 11.0 Å². The van der Waals surface area contributed by atoms with Crippen molar-refractivity contribution in [3.63, 3.8) is 0 Å². The number of carbonyl (C=O) groups is 1. The summed E-state index contributed by atoms with van der Waals surface area (Å²) in [4.78, 5) is 14.5. The van der Waals surface area contributed by atoms with Crippen molar-refractivity contribution in [1.29, 1.82) is 0 Å². The Morgan fingerprint density at radius 3 is 2.55 bits per heavy atom. The van der Waals surface area contributed by atoms with Crippen molar-refractivity contribution in [2.75, 3.05) is 26.4 Å². The van der Waals surface area contributed by atoms with Gasteiger partial charge in [-0.2, -0.15) is 0 Å². The standard InChI is InChI=1S/C17H23FN2O2S.C5H9P/c1-4-5-6-16-13(2)12-22-17(21)20(16)15-7-9-19(10-8-15)23-14(3)11-18;1-3-4-5(2)6/h4-6,15H,2-3,7-12H2,1H3;3-4H,1,6H2,2H3/b5-4-,16-6+;5-4+. The molecule has 0 aromatic heterocycles. The summed E-state index contributed by atoms with van der Waals surface area (Å²) in [7, 11) is 2.57. The van der Waals surface area contributed by atoms with Gasteiger partial charge in [-0.15, -0.1) is 9.24 Å². The van der Waals surface area contributed by atoms with E-state index < -0.39 is 6.67 Å². The van der Waals surface area contributed by atoms with Gasteiger partial charge < -0.3 is 4.74 Å². The van der Waals surface area contributed by atoms with Gasteiger partial charge in [0.1, 0.15) is 13.3 Å². The number of alkyl halides is 1. The third-order valence-corrected chi connectivity index (χ3v) is 5.39. The van der Waals surface area contributed by atoms with E-state index in [4.69, 9.17) is 4.74 Å². The smallest absolute Gasteiger partial charge is 0.414 e. The van der Waals surface area contributed by atoms with Crippen molar-refractivity contribution in [2.24, 2.45) is 0 Å². The van der Waals surface area contributed by atoms with Crippen LogP contribution in [0, 0.1) is 0 Å². The molecule has 0 bridgehead atoms. The highest BCUT2D eigenvalue weighted by Gasteiger charge is 2.35. The number of hydrogen-bond donors (Lipinski definition) is 0. The van der Waals surface area contributed by atoms with E-state index in [9.17, 15) is 9.18 Å². The number of allylic oxidation sites excluding steroid dienone is 7. The van der Waals surface area contributed by atoms with Crippen LogP contribution in [-0.2, 0) is 4.74 Å². The molecule has 0 spiro atoms. The van der Waals surface area contributed by atoms with Crippen molar-refractivity contribution in [3.8, 4) is 0 Å². The maximum Gasteiger partial charge on any atom is 0.414 e. The first kappa shape index (κ1) is 25.4. The van der Waals surface area contributed by atoms with E-state index in [1.165, 1.54) is 17.3 Å². The van der Waals surface area contributed by atoms with E-state index in [0.29, 0.717) is 4.91 Å². The number of cyclic esters (lactones) is 1. The van der Waals surface area contributed by atoms with Crippen LogP contribution in [0.25, 0.3) is 0 Å². The van der Waals surface area contributed by atoms with Crippen molar-refractivity contribution in [1.82, 2.24) is 9.21 Å². The number of halogens is 1. The minimum absolute atomic E-state index is 0.0755. The summed E-state index contributed by atoms with van der Waals surface area (Å²) in [6.07, 6.45) is 10.7. The molecule has 0 N–H and O–H groups in total. The fourth-order valence-corrected chi connectivity index (χ4v) is 3.82. The van der Waals surface area contributed by atoms with Crippen LogP contribution in [-0.4, -0.2) is 47.7 Å². The van der Waals surface area contributed by atoms with Gasteiger partial charge in [0.05, 0.1) is 5.70 Å². The Balaban J connectivity index is 0.000000612. The van der Waals surface area contributed by atoms with E-state index in [0.717, 1.165) is 37.2 Å². The van der Waals surface area contributed by atoms with E-state index in [1.807, 2.05) is 38.2 Å². The molecule has 160 valence electrons. The lowest BCUT2D eigenvalue weighted by Gasteiger charge is -2.40. The molecule has 0 radical (unpaired) electrons. The SMILES string of the molecule is C=C(CF)SN1CCC(N2C(=O)OCC(=C)/C2=C\C=C/C)CC1.C=C/C=C(\C)P. The summed E-state index contributed by atoms with van der Waals surface area (Å²) in [5, 5.41) is 1.21. The third-order valence-electron chi connectivity index (χ3n) is 4.21. The van der Waals surface area contributed by atoms with E-state index in [-0.39, 0.29) is 18.7 Å². The average molecular weight is 439 g/mol. The molecule has 29 heavy (non-hydrogen) atoms. The number of ether oxygens (including phenoxy) is 1. The van der Waals surface area contributed by atoms with Gasteiger partial charge in [-0.1, -0.05) is 49.4 Å². The van der Waals surface area contributed by atoms with Crippen molar-refractivity contribution < 1.29 is 13.9 Å². The number of carbonyl (C=O) groups excluding carboxylic acids is 1. The Morgan fingerprint density at radius 1 is 1.41 bits per heavy atom. The minimum atomic E-state index is -0.515. The summed E-state index contributed by atoms with van der Waals surface area (Å²) in [5.41, 5.74) is 1.64. The first-order chi connectivity index (χ1) is 13.8. The molecular weight excluding hydrogens is 406 g/mol. The molecule has 2 saturated heterocycles. The summed E-state index contributed by atoms with van der Waals surface area (Å²) in [5.74, 6) is 0. The predicted molar refractivity (Wildman–Crippen MR) is 126 cm³/mol. The van der Waals surface area contributed by atoms with Gasteiger partial charge in [-0.25, -0.2) is 13.5 Å². The van der Waals surface area contributed by atoms with E-state index in [2.05, 4.69) is 33.3 Å². The van der Waals surface area contributed by atoms with E-state index >= 15 is 0 Å². The zero-order valence-electron chi connectivity index (χ0n) is 17.4. The molecule has 2 rings (SSSR count). The first-order valence-corrected chi connectivity index (χ1v) is 10.9. The number of amides is 1. The van der Waals surface area contributed by atoms with Gasteiger partial charge in [0.2, 0.25) is 0 Å². The maximum atomic E-state index is 12.5. The lowest BCUT2D eigenvalue weighted by Crippen LogP contribution is -2.48. The zero-order chi connectivity index (χ0) is 21.8. The van der Waals surface area contributed by atoms with Crippen LogP contribution in [0.4, 0.5) is 9.18 Å². The third kappa shape index (κ3) is 8.73. The predicted octanol–water partition coefficient (Wildman–Crippen LogP) is 6.00. The second-order valence-electron chi connectivity index (χ2n) is 6.68. The summed E-state index contributed by atoms with van der Waals surface area (Å²) in [6.45, 7) is 16.4. The lowest BCUT2D eigenvalue weighted by atomic mass is 10.0. The van der Waals surface area contributed by atoms with Crippen LogP contribution in [0.3, 0.4) is 0 Å². The Kier molecular flexibility index (Phi) is 11.9. The maximum absolute atomic E-state index is 12.5. The van der Waals surface area contributed by atoms with Crippen LogP contribution in [0.1, 0.15) is 26.7 Å². The molecule has 2 aliphatic heterocycles. The Hall–Kier alpha value is -1.62. The van der Waals surface area contributed by atoms with Crippen molar-refractivity contribution in [3.05, 3.63) is 71.6 Å². The molecule has 0 saturated carbocycles. The normalized spacial score (nSPS) is 20.5. The topological polar surface area (TPSA) is 32.8 Å². The van der Waals surface area contributed by atoms with Crippen LogP contribution in [0.5, 0.6) is 0 Å². The minimum Gasteiger partial charge on any atom is -0.444 e. The molecule has 2 aliphatic rings. The summed E-state index contributed by atoms with van der Waals surface area (Å²) in [6, 6.07) is 0.0755. The van der Waals surface area contributed by atoms with Crippen molar-refractivity contribution >= 4 is 27.3 Å². The average Bonchev–Trinajstić information content (AvgIpc) is 2.69. The lowest BCUT2D eigenvalue weighted by molar-refractivity contribution is 0.0828. The second-order valence-corrected chi connectivity index (χ2v) is 8.86. The fraction of sp³-hybridized carbons (Fsp3) is 0.409. The highest BCUT2D eigenvalue weighted by atomic mass is 32.2. The molecule has 0 aromatic rings. The van der Waals surface area contributed by atoms with Crippen molar-refractivity contribution in [2.45, 2.75) is 32.7 Å². The summed E-state index contributed by atoms with van der Waals surface area (Å²) >= 11 is 1.37.